The van der Waals surface area contributed by atoms with Gasteiger partial charge in [-0.05, 0) is 45.8 Å². The van der Waals surface area contributed by atoms with E-state index in [2.05, 4.69) is 48.5 Å². The lowest BCUT2D eigenvalue weighted by Crippen LogP contribution is -1.99. The lowest BCUT2D eigenvalue weighted by Gasteiger charge is -2.07. The Bertz CT molecular complexity index is 704. The van der Waals surface area contributed by atoms with E-state index < -0.39 is 0 Å². The minimum atomic E-state index is 0.165. The second-order valence-electron chi connectivity index (χ2n) is 4.63. The Hall–Kier alpha value is -2.06. The molecule has 0 saturated heterocycles. The van der Waals surface area contributed by atoms with Crippen LogP contribution in [0.25, 0.3) is 21.5 Å². The highest BCUT2D eigenvalue weighted by atomic mass is 16.5. The summed E-state index contributed by atoms with van der Waals surface area (Å²) in [5.74, 6) is 0.858. The molecule has 0 fully saturated rings. The fourth-order valence-electron chi connectivity index (χ4n) is 2.26. The minimum Gasteiger partial charge on any atom is -0.493 e. The molecule has 0 aromatic heterocycles. The van der Waals surface area contributed by atoms with Gasteiger partial charge in [-0.1, -0.05) is 30.3 Å². The molecule has 0 amide bonds. The Morgan fingerprint density at radius 2 is 1.47 bits per heavy atom. The molecule has 0 aliphatic rings. The summed E-state index contributed by atoms with van der Waals surface area (Å²) >= 11 is 0. The number of aliphatic hydroxyl groups excluding tert-OH is 1. The van der Waals surface area contributed by atoms with Crippen LogP contribution in [0.3, 0.4) is 0 Å². The van der Waals surface area contributed by atoms with E-state index >= 15 is 0 Å². The summed E-state index contributed by atoms with van der Waals surface area (Å²) in [6.45, 7) is 0.716. The number of hydrogen-bond donors (Lipinski definition) is 1. The third-order valence-corrected chi connectivity index (χ3v) is 3.25. The highest BCUT2D eigenvalue weighted by Gasteiger charge is 2.00. The fraction of sp³-hybridized carbons (Fsp3) is 0.176. The smallest absolute Gasteiger partial charge is 0.119 e. The van der Waals surface area contributed by atoms with Crippen molar-refractivity contribution in [2.75, 3.05) is 13.2 Å². The van der Waals surface area contributed by atoms with E-state index in [-0.39, 0.29) is 6.61 Å². The highest BCUT2D eigenvalue weighted by Crippen LogP contribution is 2.26. The monoisotopic (exact) mass is 252 g/mol. The molecule has 0 heterocycles. The van der Waals surface area contributed by atoms with Crippen molar-refractivity contribution in [3.05, 3.63) is 54.6 Å². The maximum Gasteiger partial charge on any atom is 0.119 e. The number of aliphatic hydroxyl groups is 1. The van der Waals surface area contributed by atoms with Crippen molar-refractivity contribution >= 4 is 21.5 Å². The van der Waals surface area contributed by atoms with Gasteiger partial charge in [0, 0.05) is 13.0 Å². The van der Waals surface area contributed by atoms with E-state index in [1.54, 1.807) is 0 Å². The van der Waals surface area contributed by atoms with E-state index in [4.69, 9.17) is 9.84 Å². The molecule has 2 heteroatoms. The number of ether oxygens (including phenoxy) is 1. The molecule has 0 bridgehead atoms. The van der Waals surface area contributed by atoms with Crippen LogP contribution < -0.4 is 4.74 Å². The zero-order chi connectivity index (χ0) is 13.1. The van der Waals surface area contributed by atoms with Crippen molar-refractivity contribution in [3.63, 3.8) is 0 Å². The van der Waals surface area contributed by atoms with Gasteiger partial charge in [0.05, 0.1) is 6.61 Å². The second-order valence-corrected chi connectivity index (χ2v) is 4.63. The van der Waals surface area contributed by atoms with E-state index in [1.165, 1.54) is 21.5 Å². The zero-order valence-electron chi connectivity index (χ0n) is 10.7. The molecule has 3 aromatic carbocycles. The van der Waals surface area contributed by atoms with E-state index in [0.717, 1.165) is 5.75 Å². The van der Waals surface area contributed by atoms with Gasteiger partial charge in [0.2, 0.25) is 0 Å². The molecule has 0 spiro atoms. The van der Waals surface area contributed by atoms with Gasteiger partial charge < -0.3 is 9.84 Å². The Labute approximate surface area is 112 Å². The largest absolute Gasteiger partial charge is 0.493 e. The Morgan fingerprint density at radius 3 is 2.21 bits per heavy atom. The topological polar surface area (TPSA) is 29.5 Å². The molecule has 0 saturated carbocycles. The molecule has 3 rings (SSSR count). The molecule has 0 aliphatic heterocycles. The predicted octanol–water partition coefficient (Wildman–Crippen LogP) is 3.75. The van der Waals surface area contributed by atoms with Gasteiger partial charge in [0.1, 0.15) is 5.75 Å². The first-order chi connectivity index (χ1) is 9.36. The number of fused-ring (bicyclic) bond motifs is 2. The quantitative estimate of drug-likeness (QED) is 0.566. The zero-order valence-corrected chi connectivity index (χ0v) is 10.7. The van der Waals surface area contributed by atoms with Gasteiger partial charge in [-0.2, -0.15) is 0 Å². The molecule has 2 nitrogen and oxygen atoms in total. The van der Waals surface area contributed by atoms with Crippen LogP contribution in [0.5, 0.6) is 5.75 Å². The van der Waals surface area contributed by atoms with Crippen LogP contribution in [0.15, 0.2) is 54.6 Å². The third kappa shape index (κ3) is 2.54. The average Bonchev–Trinajstić information content (AvgIpc) is 2.45. The van der Waals surface area contributed by atoms with E-state index in [1.807, 2.05) is 6.07 Å². The molecule has 3 aromatic rings. The van der Waals surface area contributed by atoms with E-state index in [0.29, 0.717) is 13.0 Å². The summed E-state index contributed by atoms with van der Waals surface area (Å²) in [4.78, 5) is 0. The van der Waals surface area contributed by atoms with Gasteiger partial charge in [0.15, 0.2) is 0 Å². The van der Waals surface area contributed by atoms with Crippen LogP contribution in [-0.4, -0.2) is 18.3 Å². The lowest BCUT2D eigenvalue weighted by molar-refractivity contribution is 0.234. The molecule has 0 atom stereocenters. The summed E-state index contributed by atoms with van der Waals surface area (Å²) in [7, 11) is 0. The van der Waals surface area contributed by atoms with Gasteiger partial charge in [-0.15, -0.1) is 0 Å². The SMILES string of the molecule is OCCCOc1ccc2cc3ccccc3cc2c1. The first-order valence-corrected chi connectivity index (χ1v) is 6.53. The van der Waals surface area contributed by atoms with Crippen molar-refractivity contribution in [2.24, 2.45) is 0 Å². The summed E-state index contributed by atoms with van der Waals surface area (Å²) < 4.78 is 5.61. The van der Waals surface area contributed by atoms with Gasteiger partial charge in [-0.3, -0.25) is 0 Å². The summed E-state index contributed by atoms with van der Waals surface area (Å²) in [6, 6.07) is 18.8. The number of rotatable bonds is 4. The first kappa shape index (κ1) is 12.0. The number of benzene rings is 3. The molecule has 96 valence electrons. The fourth-order valence-corrected chi connectivity index (χ4v) is 2.26. The first-order valence-electron chi connectivity index (χ1n) is 6.53. The normalized spacial score (nSPS) is 11.0. The Balaban J connectivity index is 1.99. The van der Waals surface area contributed by atoms with Crippen LogP contribution in [0, 0.1) is 0 Å². The van der Waals surface area contributed by atoms with E-state index in [9.17, 15) is 0 Å². The Morgan fingerprint density at radius 1 is 0.789 bits per heavy atom. The van der Waals surface area contributed by atoms with Crippen molar-refractivity contribution < 1.29 is 9.84 Å². The van der Waals surface area contributed by atoms with Crippen molar-refractivity contribution in [3.8, 4) is 5.75 Å². The summed E-state index contributed by atoms with van der Waals surface area (Å²) in [6.07, 6.45) is 0.662. The molecule has 0 radical (unpaired) electrons. The van der Waals surface area contributed by atoms with Gasteiger partial charge in [0.25, 0.3) is 0 Å². The van der Waals surface area contributed by atoms with Crippen molar-refractivity contribution in [1.82, 2.24) is 0 Å². The lowest BCUT2D eigenvalue weighted by atomic mass is 10.0. The van der Waals surface area contributed by atoms with Crippen LogP contribution in [-0.2, 0) is 0 Å². The van der Waals surface area contributed by atoms with Crippen LogP contribution >= 0.6 is 0 Å². The van der Waals surface area contributed by atoms with Crippen molar-refractivity contribution in [1.29, 1.82) is 0 Å². The average molecular weight is 252 g/mol. The van der Waals surface area contributed by atoms with Gasteiger partial charge >= 0.3 is 0 Å². The van der Waals surface area contributed by atoms with Crippen LogP contribution in [0.2, 0.25) is 0 Å². The van der Waals surface area contributed by atoms with Crippen molar-refractivity contribution in [2.45, 2.75) is 6.42 Å². The predicted molar refractivity (Wildman–Crippen MR) is 78.7 cm³/mol. The molecular formula is C17H16O2. The Kier molecular flexibility index (Phi) is 3.34. The summed E-state index contributed by atoms with van der Waals surface area (Å²) in [5, 5.41) is 13.6. The standard InChI is InChI=1S/C17H16O2/c18-8-3-9-19-17-7-6-15-10-13-4-1-2-5-14(13)11-16(15)12-17/h1-2,4-7,10-12,18H,3,8-9H2. The maximum absolute atomic E-state index is 8.75. The minimum absolute atomic E-state index is 0.165. The van der Waals surface area contributed by atoms with Crippen LogP contribution in [0.4, 0.5) is 0 Å². The van der Waals surface area contributed by atoms with Crippen LogP contribution in [0.1, 0.15) is 6.42 Å². The number of hydrogen-bond acceptors (Lipinski definition) is 2. The molecule has 0 unspecified atom stereocenters. The third-order valence-electron chi connectivity index (χ3n) is 3.25. The molecule has 1 N–H and O–H groups in total. The highest BCUT2D eigenvalue weighted by molar-refractivity contribution is 5.98. The molecule has 19 heavy (non-hydrogen) atoms. The second kappa shape index (κ2) is 5.29. The summed E-state index contributed by atoms with van der Waals surface area (Å²) in [5.41, 5.74) is 0. The van der Waals surface area contributed by atoms with Gasteiger partial charge in [-0.25, -0.2) is 0 Å². The molecule has 0 aliphatic carbocycles. The molecular weight excluding hydrogens is 236 g/mol. The maximum atomic E-state index is 8.75.